The van der Waals surface area contributed by atoms with E-state index in [1.165, 1.54) is 5.57 Å². The molecule has 1 aromatic heterocycles. The number of aliphatic imine (C=N–C) groups is 1. The van der Waals surface area contributed by atoms with Gasteiger partial charge in [-0.1, -0.05) is 19.1 Å². The van der Waals surface area contributed by atoms with Gasteiger partial charge in [-0.05, 0) is 42.7 Å². The first-order valence-corrected chi connectivity index (χ1v) is 9.44. The molecule has 3 aromatic rings. The van der Waals surface area contributed by atoms with Gasteiger partial charge >= 0.3 is 0 Å². The molecule has 0 saturated heterocycles. The molecule has 0 radical (unpaired) electrons. The van der Waals surface area contributed by atoms with E-state index in [1.807, 2.05) is 24.3 Å². The summed E-state index contributed by atoms with van der Waals surface area (Å²) in [6.07, 6.45) is 0.822. The van der Waals surface area contributed by atoms with Crippen molar-refractivity contribution >= 4 is 32.8 Å². The smallest absolute Gasteiger partial charge is 0.128 e. The molecule has 0 bridgehead atoms. The quantitative estimate of drug-likeness (QED) is 0.720. The third kappa shape index (κ3) is 2.69. The van der Waals surface area contributed by atoms with Crippen LogP contribution in [0.3, 0.4) is 0 Å². The van der Waals surface area contributed by atoms with E-state index < -0.39 is 0 Å². The molecular formula is C21H20N2O2S. The fraction of sp³-hybridized carbons (Fsp3) is 0.238. The Hall–Kier alpha value is -2.66. The molecule has 2 heterocycles. The van der Waals surface area contributed by atoms with E-state index in [2.05, 4.69) is 19.9 Å². The van der Waals surface area contributed by atoms with Crippen molar-refractivity contribution in [2.75, 3.05) is 13.7 Å². The summed E-state index contributed by atoms with van der Waals surface area (Å²) in [6, 6.07) is 11.8. The normalized spacial score (nSPS) is 14.2. The number of aryl methyl sites for hydroxylation is 1. The molecule has 5 heteroatoms. The van der Waals surface area contributed by atoms with Crippen LogP contribution in [0, 0.1) is 0 Å². The van der Waals surface area contributed by atoms with Crippen LogP contribution >= 0.6 is 11.3 Å². The van der Waals surface area contributed by atoms with Gasteiger partial charge in [0.25, 0.3) is 0 Å². The highest BCUT2D eigenvalue weighted by Gasteiger charge is 2.26. The number of benzene rings is 2. The number of methoxy groups -OCH3 is 1. The fourth-order valence-electron chi connectivity index (χ4n) is 3.31. The van der Waals surface area contributed by atoms with Crippen molar-refractivity contribution in [3.63, 3.8) is 0 Å². The van der Waals surface area contributed by atoms with Gasteiger partial charge in [0, 0.05) is 17.2 Å². The number of hydrogen-bond donors (Lipinski definition) is 1. The Balaban J connectivity index is 1.84. The number of ether oxygens (including phenoxy) is 1. The van der Waals surface area contributed by atoms with Crippen LogP contribution in [0.2, 0.25) is 0 Å². The Morgan fingerprint density at radius 3 is 2.77 bits per heavy atom. The highest BCUT2D eigenvalue weighted by atomic mass is 32.1. The minimum atomic E-state index is 0.186. The predicted molar refractivity (Wildman–Crippen MR) is 108 cm³/mol. The van der Waals surface area contributed by atoms with E-state index >= 15 is 0 Å². The zero-order valence-corrected chi connectivity index (χ0v) is 15.9. The van der Waals surface area contributed by atoms with Gasteiger partial charge in [0.05, 0.1) is 29.6 Å². The van der Waals surface area contributed by atoms with E-state index in [4.69, 9.17) is 14.7 Å². The molecule has 0 saturated carbocycles. The van der Waals surface area contributed by atoms with E-state index in [0.717, 1.165) is 44.1 Å². The monoisotopic (exact) mass is 364 g/mol. The topological polar surface area (TPSA) is 54.7 Å². The Kier molecular flexibility index (Phi) is 4.24. The third-order valence-electron chi connectivity index (χ3n) is 4.68. The summed E-state index contributed by atoms with van der Waals surface area (Å²) in [6.45, 7) is 4.79. The van der Waals surface area contributed by atoms with Gasteiger partial charge in [-0.3, -0.25) is 4.99 Å². The summed E-state index contributed by atoms with van der Waals surface area (Å²) in [5.74, 6) is 0.890. The first-order chi connectivity index (χ1) is 12.6. The average Bonchev–Trinajstić information content (AvgIpc) is 3.24. The van der Waals surface area contributed by atoms with Crippen LogP contribution < -0.4 is 4.74 Å². The zero-order valence-electron chi connectivity index (χ0n) is 15.0. The lowest BCUT2D eigenvalue weighted by atomic mass is 9.97. The van der Waals surface area contributed by atoms with Gasteiger partial charge in [-0.25, -0.2) is 4.98 Å². The van der Waals surface area contributed by atoms with Gasteiger partial charge in [0.15, 0.2) is 0 Å². The number of phenolic OH excluding ortho intramolecular Hbond substituents is 1. The number of hydrogen-bond acceptors (Lipinski definition) is 5. The van der Waals surface area contributed by atoms with Crippen molar-refractivity contribution in [3.8, 4) is 11.5 Å². The van der Waals surface area contributed by atoms with Crippen LogP contribution in [0.5, 0.6) is 11.5 Å². The van der Waals surface area contributed by atoms with Gasteiger partial charge in [0.1, 0.15) is 16.5 Å². The number of rotatable bonds is 4. The van der Waals surface area contributed by atoms with Gasteiger partial charge in [0.2, 0.25) is 0 Å². The molecule has 0 atom stereocenters. The standard InChI is InChI=1S/C21H20N2O2S/c1-4-13-9-14(16(24)10-17(13)25-3)20-19(12(2)11-22-20)21-23-15-7-5-6-8-18(15)26-21/h5-10,24H,4,11H2,1-3H3. The number of fused-ring (bicyclic) bond motifs is 1. The third-order valence-corrected chi connectivity index (χ3v) is 5.73. The van der Waals surface area contributed by atoms with Crippen molar-refractivity contribution in [2.45, 2.75) is 20.3 Å². The fourth-order valence-corrected chi connectivity index (χ4v) is 4.40. The molecule has 132 valence electrons. The SMILES string of the molecule is CCc1cc(C2=NCC(C)=C2c2nc3ccccc3s2)c(O)cc1OC. The Bertz CT molecular complexity index is 1030. The van der Waals surface area contributed by atoms with Crippen molar-refractivity contribution in [2.24, 2.45) is 4.99 Å². The number of aromatic hydroxyl groups is 1. The van der Waals surface area contributed by atoms with Crippen LogP contribution in [-0.4, -0.2) is 29.5 Å². The molecule has 4 rings (SSSR count). The highest BCUT2D eigenvalue weighted by molar-refractivity contribution is 7.19. The Morgan fingerprint density at radius 2 is 2.04 bits per heavy atom. The second-order valence-corrected chi connectivity index (χ2v) is 7.37. The molecule has 0 spiro atoms. The van der Waals surface area contributed by atoms with Crippen LogP contribution in [0.1, 0.15) is 30.0 Å². The Morgan fingerprint density at radius 1 is 1.23 bits per heavy atom. The minimum Gasteiger partial charge on any atom is -0.507 e. The summed E-state index contributed by atoms with van der Waals surface area (Å²) in [4.78, 5) is 9.52. The van der Waals surface area contributed by atoms with Crippen LogP contribution in [0.4, 0.5) is 0 Å². The molecule has 1 aliphatic heterocycles. The molecule has 26 heavy (non-hydrogen) atoms. The number of nitrogens with zero attached hydrogens (tertiary/aromatic N) is 2. The molecular weight excluding hydrogens is 344 g/mol. The largest absolute Gasteiger partial charge is 0.507 e. The minimum absolute atomic E-state index is 0.186. The molecule has 0 unspecified atom stereocenters. The number of thiazole rings is 1. The molecule has 0 fully saturated rings. The van der Waals surface area contributed by atoms with E-state index in [-0.39, 0.29) is 5.75 Å². The number of phenols is 1. The second-order valence-electron chi connectivity index (χ2n) is 6.34. The van der Waals surface area contributed by atoms with Crippen LogP contribution in [-0.2, 0) is 6.42 Å². The van der Waals surface area contributed by atoms with E-state index in [9.17, 15) is 5.11 Å². The van der Waals surface area contributed by atoms with Gasteiger partial charge < -0.3 is 9.84 Å². The molecule has 4 nitrogen and oxygen atoms in total. The summed E-state index contributed by atoms with van der Waals surface area (Å²) in [5.41, 5.74) is 5.81. The molecule has 2 aromatic carbocycles. The van der Waals surface area contributed by atoms with Crippen LogP contribution in [0.25, 0.3) is 15.8 Å². The molecule has 1 N–H and O–H groups in total. The van der Waals surface area contributed by atoms with Crippen molar-refractivity contribution in [1.29, 1.82) is 0 Å². The molecule has 0 amide bonds. The van der Waals surface area contributed by atoms with Crippen molar-refractivity contribution < 1.29 is 9.84 Å². The number of aromatic nitrogens is 1. The summed E-state index contributed by atoms with van der Waals surface area (Å²) in [7, 11) is 1.62. The summed E-state index contributed by atoms with van der Waals surface area (Å²) < 4.78 is 6.54. The van der Waals surface area contributed by atoms with Crippen LogP contribution in [0.15, 0.2) is 47.0 Å². The molecule has 0 aliphatic carbocycles. The number of para-hydroxylation sites is 1. The zero-order chi connectivity index (χ0) is 18.3. The first-order valence-electron chi connectivity index (χ1n) is 8.63. The van der Waals surface area contributed by atoms with Gasteiger partial charge in [-0.2, -0.15) is 0 Å². The summed E-state index contributed by atoms with van der Waals surface area (Å²) >= 11 is 1.66. The second kappa shape index (κ2) is 6.57. The molecule has 1 aliphatic rings. The maximum atomic E-state index is 10.6. The van der Waals surface area contributed by atoms with Crippen molar-refractivity contribution in [1.82, 2.24) is 4.98 Å². The average molecular weight is 364 g/mol. The number of allylic oxidation sites excluding steroid dienone is 1. The maximum absolute atomic E-state index is 10.6. The van der Waals surface area contributed by atoms with E-state index in [1.54, 1.807) is 24.5 Å². The maximum Gasteiger partial charge on any atom is 0.128 e. The van der Waals surface area contributed by atoms with E-state index in [0.29, 0.717) is 12.3 Å². The van der Waals surface area contributed by atoms with Gasteiger partial charge in [-0.15, -0.1) is 11.3 Å². The lowest BCUT2D eigenvalue weighted by Gasteiger charge is -2.13. The predicted octanol–water partition coefficient (Wildman–Crippen LogP) is 4.85. The lowest BCUT2D eigenvalue weighted by Crippen LogP contribution is -2.04. The summed E-state index contributed by atoms with van der Waals surface area (Å²) in [5, 5.41) is 11.5. The Labute approximate surface area is 156 Å². The first kappa shape index (κ1) is 16.8. The van der Waals surface area contributed by atoms with Crippen molar-refractivity contribution in [3.05, 3.63) is 58.1 Å². The lowest BCUT2D eigenvalue weighted by molar-refractivity contribution is 0.403. The highest BCUT2D eigenvalue weighted by Crippen LogP contribution is 2.38.